The Bertz CT molecular complexity index is 654. The minimum atomic E-state index is 0.410. The standard InChI is InChI=1S/C19H31N5/c1-3-4-12-23-18-15-10-9-14(8-6-5-7-11-22-2)13-16(15)24-19(21)17(18)20/h9-10,13,22H,3-8,11-12,20H2,1-2H3,(H3,21,23,24). The van der Waals surface area contributed by atoms with Crippen LogP contribution in [0.4, 0.5) is 17.2 Å². The van der Waals surface area contributed by atoms with Crippen LogP contribution in [-0.2, 0) is 6.42 Å². The van der Waals surface area contributed by atoms with Crippen LogP contribution in [0.1, 0.15) is 44.6 Å². The van der Waals surface area contributed by atoms with Crippen molar-refractivity contribution in [2.24, 2.45) is 0 Å². The van der Waals surface area contributed by atoms with Gasteiger partial charge in [0.25, 0.3) is 0 Å². The maximum absolute atomic E-state index is 6.14. The van der Waals surface area contributed by atoms with Crippen molar-refractivity contribution in [1.29, 1.82) is 0 Å². The van der Waals surface area contributed by atoms with Crippen molar-refractivity contribution >= 4 is 28.1 Å². The van der Waals surface area contributed by atoms with Gasteiger partial charge in [0.2, 0.25) is 0 Å². The molecule has 6 N–H and O–H groups in total. The Morgan fingerprint density at radius 2 is 1.88 bits per heavy atom. The molecule has 0 atom stereocenters. The fourth-order valence-corrected chi connectivity index (χ4v) is 2.89. The summed E-state index contributed by atoms with van der Waals surface area (Å²) < 4.78 is 0. The van der Waals surface area contributed by atoms with Gasteiger partial charge in [-0.2, -0.15) is 0 Å². The predicted octanol–water partition coefficient (Wildman–Crippen LogP) is 3.54. The smallest absolute Gasteiger partial charge is 0.149 e. The van der Waals surface area contributed by atoms with Gasteiger partial charge in [-0.05, 0) is 50.9 Å². The normalized spacial score (nSPS) is 11.1. The zero-order valence-electron chi connectivity index (χ0n) is 15.0. The van der Waals surface area contributed by atoms with Crippen molar-refractivity contribution in [3.05, 3.63) is 23.8 Å². The Balaban J connectivity index is 2.15. The molecule has 0 radical (unpaired) electrons. The number of fused-ring (bicyclic) bond motifs is 1. The van der Waals surface area contributed by atoms with Crippen LogP contribution in [0, 0.1) is 0 Å². The number of rotatable bonds is 10. The molecule has 0 aliphatic heterocycles. The van der Waals surface area contributed by atoms with Crippen molar-refractivity contribution in [2.75, 3.05) is 36.9 Å². The SMILES string of the molecule is CCCCNc1c(N)c(N)nc2cc(CCCCCNC)ccc12. The molecule has 5 heteroatoms. The van der Waals surface area contributed by atoms with Crippen molar-refractivity contribution in [1.82, 2.24) is 10.3 Å². The molecule has 0 fully saturated rings. The summed E-state index contributed by atoms with van der Waals surface area (Å²) in [6, 6.07) is 6.45. The molecule has 0 spiro atoms. The molecule has 0 aliphatic carbocycles. The number of nitrogen functional groups attached to an aromatic ring is 2. The van der Waals surface area contributed by atoms with Crippen LogP contribution in [-0.4, -0.2) is 25.1 Å². The average molecular weight is 329 g/mol. The summed E-state index contributed by atoms with van der Waals surface area (Å²) in [5.74, 6) is 0.410. The van der Waals surface area contributed by atoms with Crippen molar-refractivity contribution in [2.45, 2.75) is 45.4 Å². The highest BCUT2D eigenvalue weighted by atomic mass is 14.9. The van der Waals surface area contributed by atoms with E-state index in [-0.39, 0.29) is 0 Å². The number of benzene rings is 1. The summed E-state index contributed by atoms with van der Waals surface area (Å²) in [7, 11) is 2.00. The Morgan fingerprint density at radius 3 is 2.62 bits per heavy atom. The second-order valence-corrected chi connectivity index (χ2v) is 6.33. The highest BCUT2D eigenvalue weighted by Gasteiger charge is 2.11. The minimum Gasteiger partial charge on any atom is -0.394 e. The van der Waals surface area contributed by atoms with E-state index < -0.39 is 0 Å². The fraction of sp³-hybridized carbons (Fsp3) is 0.526. The quantitative estimate of drug-likeness (QED) is 0.501. The summed E-state index contributed by atoms with van der Waals surface area (Å²) in [6.45, 7) is 4.15. The van der Waals surface area contributed by atoms with Gasteiger partial charge in [0.05, 0.1) is 16.9 Å². The first kappa shape index (κ1) is 18.3. The van der Waals surface area contributed by atoms with E-state index in [1.54, 1.807) is 0 Å². The molecule has 0 amide bonds. The van der Waals surface area contributed by atoms with Crippen LogP contribution in [0.3, 0.4) is 0 Å². The number of aryl methyl sites for hydroxylation is 1. The van der Waals surface area contributed by atoms with Crippen LogP contribution >= 0.6 is 0 Å². The Labute approximate surface area is 145 Å². The van der Waals surface area contributed by atoms with Crippen LogP contribution in [0.15, 0.2) is 18.2 Å². The van der Waals surface area contributed by atoms with E-state index in [2.05, 4.69) is 40.7 Å². The lowest BCUT2D eigenvalue weighted by Gasteiger charge is -2.14. The topological polar surface area (TPSA) is 89.0 Å². The number of hydrogen-bond donors (Lipinski definition) is 4. The molecular formula is C19H31N5. The van der Waals surface area contributed by atoms with Gasteiger partial charge >= 0.3 is 0 Å². The van der Waals surface area contributed by atoms with Gasteiger partial charge in [-0.3, -0.25) is 0 Å². The number of anilines is 3. The molecule has 0 saturated carbocycles. The largest absolute Gasteiger partial charge is 0.394 e. The van der Waals surface area contributed by atoms with Crippen LogP contribution in [0.5, 0.6) is 0 Å². The Morgan fingerprint density at radius 1 is 1.04 bits per heavy atom. The third kappa shape index (κ3) is 4.74. The molecule has 5 nitrogen and oxygen atoms in total. The summed E-state index contributed by atoms with van der Waals surface area (Å²) in [5.41, 5.74) is 15.9. The van der Waals surface area contributed by atoms with Gasteiger partial charge in [-0.15, -0.1) is 0 Å². The first-order chi connectivity index (χ1) is 11.7. The zero-order chi connectivity index (χ0) is 17.4. The van der Waals surface area contributed by atoms with Crippen molar-refractivity contribution < 1.29 is 0 Å². The van der Waals surface area contributed by atoms with E-state index >= 15 is 0 Å². The van der Waals surface area contributed by atoms with Gasteiger partial charge in [-0.25, -0.2) is 4.98 Å². The van der Waals surface area contributed by atoms with E-state index in [0.717, 1.165) is 48.9 Å². The monoisotopic (exact) mass is 329 g/mol. The number of aromatic nitrogens is 1. The molecule has 1 heterocycles. The van der Waals surface area contributed by atoms with Gasteiger partial charge in [0.1, 0.15) is 5.82 Å². The van der Waals surface area contributed by atoms with E-state index in [1.807, 2.05) is 7.05 Å². The highest BCUT2D eigenvalue weighted by Crippen LogP contribution is 2.32. The lowest BCUT2D eigenvalue weighted by atomic mass is 10.0. The highest BCUT2D eigenvalue weighted by molar-refractivity contribution is 6.00. The summed E-state index contributed by atoms with van der Waals surface area (Å²) in [4.78, 5) is 4.49. The molecule has 1 aromatic heterocycles. The summed E-state index contributed by atoms with van der Waals surface area (Å²) in [6.07, 6.45) is 6.97. The van der Waals surface area contributed by atoms with E-state index in [0.29, 0.717) is 11.5 Å². The summed E-state index contributed by atoms with van der Waals surface area (Å²) >= 11 is 0. The molecule has 0 bridgehead atoms. The summed E-state index contributed by atoms with van der Waals surface area (Å²) in [5, 5.41) is 7.67. The number of nitrogens with zero attached hydrogens (tertiary/aromatic N) is 1. The average Bonchev–Trinajstić information content (AvgIpc) is 2.58. The Hall–Kier alpha value is -2.01. The minimum absolute atomic E-state index is 0.410. The Kier molecular flexibility index (Phi) is 7.12. The third-order valence-corrected chi connectivity index (χ3v) is 4.34. The number of unbranched alkanes of at least 4 members (excludes halogenated alkanes) is 3. The number of hydrogen-bond acceptors (Lipinski definition) is 5. The molecule has 2 aromatic rings. The number of nitrogens with one attached hydrogen (secondary N) is 2. The van der Waals surface area contributed by atoms with Gasteiger partial charge in [0.15, 0.2) is 0 Å². The van der Waals surface area contributed by atoms with Gasteiger partial charge < -0.3 is 22.1 Å². The number of nitrogens with two attached hydrogens (primary N) is 2. The molecule has 2 rings (SSSR count). The van der Waals surface area contributed by atoms with Crippen LogP contribution < -0.4 is 22.1 Å². The van der Waals surface area contributed by atoms with Crippen LogP contribution in [0.2, 0.25) is 0 Å². The first-order valence-electron chi connectivity index (χ1n) is 9.03. The van der Waals surface area contributed by atoms with E-state index in [9.17, 15) is 0 Å². The molecule has 132 valence electrons. The zero-order valence-corrected chi connectivity index (χ0v) is 15.0. The molecular weight excluding hydrogens is 298 g/mol. The van der Waals surface area contributed by atoms with Crippen molar-refractivity contribution in [3.63, 3.8) is 0 Å². The molecule has 0 unspecified atom stereocenters. The van der Waals surface area contributed by atoms with Gasteiger partial charge in [-0.1, -0.05) is 31.9 Å². The predicted molar refractivity (Wildman–Crippen MR) is 105 cm³/mol. The lowest BCUT2D eigenvalue weighted by molar-refractivity contribution is 0.642. The molecule has 0 saturated heterocycles. The van der Waals surface area contributed by atoms with Gasteiger partial charge in [0, 0.05) is 11.9 Å². The van der Waals surface area contributed by atoms with E-state index in [1.165, 1.54) is 24.8 Å². The second kappa shape index (κ2) is 9.33. The van der Waals surface area contributed by atoms with Crippen molar-refractivity contribution in [3.8, 4) is 0 Å². The fourth-order valence-electron chi connectivity index (χ4n) is 2.89. The lowest BCUT2D eigenvalue weighted by Crippen LogP contribution is -2.08. The second-order valence-electron chi connectivity index (χ2n) is 6.33. The molecule has 0 aliphatic rings. The molecule has 1 aromatic carbocycles. The third-order valence-electron chi connectivity index (χ3n) is 4.34. The van der Waals surface area contributed by atoms with Crippen LogP contribution in [0.25, 0.3) is 10.9 Å². The number of pyridine rings is 1. The first-order valence-corrected chi connectivity index (χ1v) is 9.03. The molecule has 24 heavy (non-hydrogen) atoms. The van der Waals surface area contributed by atoms with E-state index in [4.69, 9.17) is 11.5 Å². The maximum atomic E-state index is 6.14. The maximum Gasteiger partial charge on any atom is 0.149 e.